The van der Waals surface area contributed by atoms with Gasteiger partial charge in [-0.15, -0.1) is 11.8 Å². The van der Waals surface area contributed by atoms with Crippen molar-refractivity contribution >= 4 is 38.5 Å². The predicted molar refractivity (Wildman–Crippen MR) is 74.5 cm³/mol. The van der Waals surface area contributed by atoms with Gasteiger partial charge in [-0.25, -0.2) is 0 Å². The first-order valence-electron chi connectivity index (χ1n) is 4.67. The van der Waals surface area contributed by atoms with Crippen LogP contribution in [-0.2, 0) is 0 Å². The lowest BCUT2D eigenvalue weighted by Crippen LogP contribution is -1.99. The molecule has 0 bridgehead atoms. The van der Waals surface area contributed by atoms with Crippen molar-refractivity contribution in [2.75, 3.05) is 0 Å². The van der Waals surface area contributed by atoms with E-state index in [1.807, 2.05) is 25.1 Å². The fraction of sp³-hybridized carbons (Fsp3) is 0.333. The van der Waals surface area contributed by atoms with E-state index in [4.69, 9.17) is 0 Å². The number of benzene rings is 1. The third-order valence-corrected chi connectivity index (χ3v) is 3.51. The topological polar surface area (TPSA) is 20.2 Å². The van der Waals surface area contributed by atoms with Crippen molar-refractivity contribution in [1.29, 1.82) is 0 Å². The molecule has 0 aliphatic rings. The van der Waals surface area contributed by atoms with Crippen LogP contribution < -0.4 is 0 Å². The summed E-state index contributed by atoms with van der Waals surface area (Å²) >= 11 is 5.64. The molecule has 3 heteroatoms. The second-order valence-corrected chi connectivity index (χ2v) is 5.22. The van der Waals surface area contributed by atoms with Crippen LogP contribution in [0.15, 0.2) is 22.7 Å². The Hall–Kier alpha value is -0.0500. The zero-order valence-electron chi connectivity index (χ0n) is 8.43. The molecule has 1 aromatic rings. The summed E-state index contributed by atoms with van der Waals surface area (Å²) in [5.74, 6) is 5.79. The first-order chi connectivity index (χ1) is 7.15. The second kappa shape index (κ2) is 6.51. The van der Waals surface area contributed by atoms with Gasteiger partial charge in [-0.1, -0.05) is 15.9 Å². The Morgan fingerprint density at radius 2 is 2.27 bits per heavy atom. The molecule has 0 aliphatic heterocycles. The van der Waals surface area contributed by atoms with E-state index in [0.29, 0.717) is 6.42 Å². The molecule has 0 heterocycles. The summed E-state index contributed by atoms with van der Waals surface area (Å²) in [6, 6.07) is 5.93. The van der Waals surface area contributed by atoms with Gasteiger partial charge in [0, 0.05) is 14.5 Å². The first kappa shape index (κ1) is 13.0. The standard InChI is InChI=1S/C12H12BrIO/c1-2-3-4-5-12(15)10-8-9(13)6-7-11(10)14/h6-8,12,15H,4-5H2,1H3. The average molecular weight is 379 g/mol. The van der Waals surface area contributed by atoms with Crippen molar-refractivity contribution in [2.24, 2.45) is 0 Å². The van der Waals surface area contributed by atoms with Crippen LogP contribution in [0.5, 0.6) is 0 Å². The maximum Gasteiger partial charge on any atom is 0.0809 e. The van der Waals surface area contributed by atoms with Gasteiger partial charge in [-0.2, -0.15) is 0 Å². The predicted octanol–water partition coefficient (Wildman–Crippen LogP) is 3.89. The van der Waals surface area contributed by atoms with Crippen molar-refractivity contribution in [3.63, 3.8) is 0 Å². The Balaban J connectivity index is 2.74. The summed E-state index contributed by atoms with van der Waals surface area (Å²) in [5.41, 5.74) is 0.975. The molecule has 0 aliphatic carbocycles. The summed E-state index contributed by atoms with van der Waals surface area (Å²) < 4.78 is 2.09. The van der Waals surface area contributed by atoms with Gasteiger partial charge >= 0.3 is 0 Å². The van der Waals surface area contributed by atoms with E-state index in [1.165, 1.54) is 0 Å². The Labute approximate surface area is 113 Å². The molecule has 1 N–H and O–H groups in total. The molecule has 0 amide bonds. The fourth-order valence-corrected chi connectivity index (χ4v) is 2.33. The van der Waals surface area contributed by atoms with E-state index in [9.17, 15) is 5.11 Å². The highest BCUT2D eigenvalue weighted by Crippen LogP contribution is 2.26. The van der Waals surface area contributed by atoms with Gasteiger partial charge in [0.15, 0.2) is 0 Å². The van der Waals surface area contributed by atoms with E-state index >= 15 is 0 Å². The van der Waals surface area contributed by atoms with Crippen LogP contribution in [-0.4, -0.2) is 5.11 Å². The molecular weight excluding hydrogens is 367 g/mol. The lowest BCUT2D eigenvalue weighted by molar-refractivity contribution is 0.168. The van der Waals surface area contributed by atoms with Crippen molar-refractivity contribution < 1.29 is 5.11 Å². The van der Waals surface area contributed by atoms with E-state index in [2.05, 4.69) is 50.4 Å². The third-order valence-electron chi connectivity index (χ3n) is 2.04. The van der Waals surface area contributed by atoms with Crippen LogP contribution in [0.25, 0.3) is 0 Å². The summed E-state index contributed by atoms with van der Waals surface area (Å²) in [4.78, 5) is 0. The summed E-state index contributed by atoms with van der Waals surface area (Å²) in [6.07, 6.45) is 1.00. The summed E-state index contributed by atoms with van der Waals surface area (Å²) in [5, 5.41) is 9.96. The minimum absolute atomic E-state index is 0.421. The van der Waals surface area contributed by atoms with Gasteiger partial charge in [0.1, 0.15) is 0 Å². The average Bonchev–Trinajstić information content (AvgIpc) is 2.22. The van der Waals surface area contributed by atoms with Crippen LogP contribution in [0.4, 0.5) is 0 Å². The Kier molecular flexibility index (Phi) is 5.65. The van der Waals surface area contributed by atoms with Crippen molar-refractivity contribution in [3.05, 3.63) is 31.8 Å². The molecule has 1 rings (SSSR count). The molecule has 0 aromatic heterocycles. The minimum Gasteiger partial charge on any atom is -0.388 e. The monoisotopic (exact) mass is 378 g/mol. The normalized spacial score (nSPS) is 11.7. The molecule has 0 saturated carbocycles. The zero-order chi connectivity index (χ0) is 11.3. The van der Waals surface area contributed by atoms with Gasteiger partial charge in [0.2, 0.25) is 0 Å². The number of aliphatic hydroxyl groups is 1. The molecule has 0 radical (unpaired) electrons. The molecule has 0 saturated heterocycles. The molecule has 0 spiro atoms. The molecule has 1 atom stereocenters. The van der Waals surface area contributed by atoms with Gasteiger partial charge in [-0.05, 0) is 59.7 Å². The number of hydrogen-bond acceptors (Lipinski definition) is 1. The van der Waals surface area contributed by atoms with Crippen molar-refractivity contribution in [2.45, 2.75) is 25.9 Å². The molecule has 0 fully saturated rings. The van der Waals surface area contributed by atoms with E-state index in [0.717, 1.165) is 20.0 Å². The highest BCUT2D eigenvalue weighted by atomic mass is 127. The maximum atomic E-state index is 9.96. The largest absolute Gasteiger partial charge is 0.388 e. The van der Waals surface area contributed by atoms with E-state index in [1.54, 1.807) is 0 Å². The maximum absolute atomic E-state index is 9.96. The van der Waals surface area contributed by atoms with Gasteiger partial charge < -0.3 is 5.11 Å². The fourth-order valence-electron chi connectivity index (χ4n) is 1.26. The highest BCUT2D eigenvalue weighted by Gasteiger charge is 2.10. The van der Waals surface area contributed by atoms with Crippen LogP contribution in [0.3, 0.4) is 0 Å². The van der Waals surface area contributed by atoms with Crippen molar-refractivity contribution in [3.8, 4) is 11.8 Å². The molecule has 1 aromatic carbocycles. The van der Waals surface area contributed by atoms with Crippen LogP contribution >= 0.6 is 38.5 Å². The quantitative estimate of drug-likeness (QED) is 0.624. The molecular formula is C12H12BrIO. The second-order valence-electron chi connectivity index (χ2n) is 3.15. The molecule has 1 nitrogen and oxygen atoms in total. The molecule has 80 valence electrons. The number of hydrogen-bond donors (Lipinski definition) is 1. The van der Waals surface area contributed by atoms with Gasteiger partial charge in [0.05, 0.1) is 6.10 Å². The highest BCUT2D eigenvalue weighted by molar-refractivity contribution is 14.1. The Morgan fingerprint density at radius 3 is 2.93 bits per heavy atom. The summed E-state index contributed by atoms with van der Waals surface area (Å²) in [7, 11) is 0. The van der Waals surface area contributed by atoms with Gasteiger partial charge in [0.25, 0.3) is 0 Å². The SMILES string of the molecule is CC#CCCC(O)c1cc(Br)ccc1I. The van der Waals surface area contributed by atoms with Crippen LogP contribution in [0.2, 0.25) is 0 Å². The molecule has 15 heavy (non-hydrogen) atoms. The van der Waals surface area contributed by atoms with Crippen LogP contribution in [0, 0.1) is 15.4 Å². The lowest BCUT2D eigenvalue weighted by Gasteiger charge is -2.11. The van der Waals surface area contributed by atoms with Gasteiger partial charge in [-0.3, -0.25) is 0 Å². The summed E-state index contributed by atoms with van der Waals surface area (Å²) in [6.45, 7) is 1.81. The lowest BCUT2D eigenvalue weighted by atomic mass is 10.1. The Morgan fingerprint density at radius 1 is 1.53 bits per heavy atom. The van der Waals surface area contributed by atoms with E-state index < -0.39 is 6.10 Å². The van der Waals surface area contributed by atoms with Crippen LogP contribution in [0.1, 0.15) is 31.4 Å². The van der Waals surface area contributed by atoms with Crippen molar-refractivity contribution in [1.82, 2.24) is 0 Å². The number of aliphatic hydroxyl groups excluding tert-OH is 1. The third kappa shape index (κ3) is 4.13. The number of rotatable bonds is 3. The smallest absolute Gasteiger partial charge is 0.0809 e. The zero-order valence-corrected chi connectivity index (χ0v) is 12.2. The van der Waals surface area contributed by atoms with E-state index in [-0.39, 0.29) is 0 Å². The minimum atomic E-state index is -0.421. The number of halogens is 2. The molecule has 1 unspecified atom stereocenters. The first-order valence-corrected chi connectivity index (χ1v) is 6.55. The Bertz CT molecular complexity index is 392.